The Bertz CT molecular complexity index is 453. The molecule has 0 amide bonds. The molecule has 0 radical (unpaired) electrons. The first-order valence-electron chi connectivity index (χ1n) is 4.29. The highest BCUT2D eigenvalue weighted by Crippen LogP contribution is 2.11. The van der Waals surface area contributed by atoms with Crippen LogP contribution in [0.3, 0.4) is 0 Å². The molecule has 2 aromatic rings. The summed E-state index contributed by atoms with van der Waals surface area (Å²) in [7, 11) is 0. The van der Waals surface area contributed by atoms with Crippen LogP contribution >= 0.6 is 27.3 Å². The first-order chi connectivity index (χ1) is 7.34. The van der Waals surface area contributed by atoms with Crippen molar-refractivity contribution >= 4 is 38.6 Å². The summed E-state index contributed by atoms with van der Waals surface area (Å²) in [6.45, 7) is 0. The van der Waals surface area contributed by atoms with Gasteiger partial charge in [-0.05, 0) is 17.7 Å². The molecule has 0 aliphatic carbocycles. The van der Waals surface area contributed by atoms with Crippen LogP contribution < -0.4 is 5.43 Å². The summed E-state index contributed by atoms with van der Waals surface area (Å²) in [5.74, 6) is 0. The number of hydrazone groups is 1. The fourth-order valence-corrected chi connectivity index (χ4v) is 1.92. The van der Waals surface area contributed by atoms with Crippen molar-refractivity contribution in [3.63, 3.8) is 0 Å². The van der Waals surface area contributed by atoms with Gasteiger partial charge in [-0.3, -0.25) is 5.43 Å². The molecule has 0 bridgehead atoms. The van der Waals surface area contributed by atoms with E-state index in [0.29, 0.717) is 0 Å². The van der Waals surface area contributed by atoms with Crippen LogP contribution in [0.25, 0.3) is 0 Å². The van der Waals surface area contributed by atoms with Crippen molar-refractivity contribution in [2.75, 3.05) is 5.43 Å². The van der Waals surface area contributed by atoms with Gasteiger partial charge in [0.1, 0.15) is 0 Å². The van der Waals surface area contributed by atoms with Gasteiger partial charge in [-0.15, -0.1) is 11.3 Å². The Morgan fingerprint density at radius 1 is 1.47 bits per heavy atom. The lowest BCUT2D eigenvalue weighted by molar-refractivity contribution is 1.29. The number of nitrogens with zero attached hydrogens (tertiary/aromatic N) is 2. The zero-order chi connectivity index (χ0) is 10.5. The second-order valence-electron chi connectivity index (χ2n) is 2.76. The highest BCUT2D eigenvalue weighted by atomic mass is 79.9. The molecule has 5 heteroatoms. The predicted molar refractivity (Wildman–Crippen MR) is 67.5 cm³/mol. The number of rotatable bonds is 3. The SMILES string of the molecule is Brc1cccc(/C=N/Nc2nccs2)c1. The number of halogens is 1. The smallest absolute Gasteiger partial charge is 0.203 e. The van der Waals surface area contributed by atoms with E-state index >= 15 is 0 Å². The van der Waals surface area contributed by atoms with E-state index in [1.807, 2.05) is 29.6 Å². The third kappa shape index (κ3) is 3.14. The zero-order valence-corrected chi connectivity index (χ0v) is 10.1. The maximum atomic E-state index is 4.08. The molecular weight excluding hydrogens is 274 g/mol. The van der Waals surface area contributed by atoms with Crippen molar-refractivity contribution in [1.82, 2.24) is 4.98 Å². The fraction of sp³-hybridized carbons (Fsp3) is 0. The van der Waals surface area contributed by atoms with Crippen molar-refractivity contribution in [1.29, 1.82) is 0 Å². The molecule has 0 aliphatic rings. The molecule has 76 valence electrons. The van der Waals surface area contributed by atoms with Gasteiger partial charge in [0.2, 0.25) is 5.13 Å². The molecule has 0 spiro atoms. The molecule has 1 aromatic heterocycles. The second kappa shape index (κ2) is 5.04. The molecule has 1 N–H and O–H groups in total. The number of hydrogen-bond acceptors (Lipinski definition) is 4. The van der Waals surface area contributed by atoms with Gasteiger partial charge in [0.15, 0.2) is 0 Å². The second-order valence-corrected chi connectivity index (χ2v) is 4.57. The van der Waals surface area contributed by atoms with Crippen molar-refractivity contribution in [3.05, 3.63) is 45.9 Å². The zero-order valence-electron chi connectivity index (χ0n) is 7.72. The van der Waals surface area contributed by atoms with E-state index in [2.05, 4.69) is 31.4 Å². The van der Waals surface area contributed by atoms with Crippen LogP contribution in [0.1, 0.15) is 5.56 Å². The van der Waals surface area contributed by atoms with Gasteiger partial charge in [0, 0.05) is 16.0 Å². The molecule has 0 saturated carbocycles. The van der Waals surface area contributed by atoms with Crippen LogP contribution in [0, 0.1) is 0 Å². The lowest BCUT2D eigenvalue weighted by Crippen LogP contribution is -1.89. The summed E-state index contributed by atoms with van der Waals surface area (Å²) in [6.07, 6.45) is 3.49. The van der Waals surface area contributed by atoms with E-state index in [9.17, 15) is 0 Å². The summed E-state index contributed by atoms with van der Waals surface area (Å²) in [5, 5.41) is 6.77. The monoisotopic (exact) mass is 281 g/mol. The van der Waals surface area contributed by atoms with Crippen LogP contribution in [-0.4, -0.2) is 11.2 Å². The summed E-state index contributed by atoms with van der Waals surface area (Å²) >= 11 is 4.92. The van der Waals surface area contributed by atoms with E-state index in [-0.39, 0.29) is 0 Å². The lowest BCUT2D eigenvalue weighted by atomic mass is 10.2. The van der Waals surface area contributed by atoms with E-state index in [0.717, 1.165) is 15.2 Å². The minimum absolute atomic E-state index is 0.793. The molecular formula is C10H8BrN3S. The molecule has 0 fully saturated rings. The number of hydrogen-bond donors (Lipinski definition) is 1. The van der Waals surface area contributed by atoms with Crippen LogP contribution in [0.15, 0.2) is 45.4 Å². The van der Waals surface area contributed by atoms with Crippen LogP contribution in [-0.2, 0) is 0 Å². The molecule has 0 aliphatic heterocycles. The average Bonchev–Trinajstić information content (AvgIpc) is 2.71. The molecule has 15 heavy (non-hydrogen) atoms. The molecule has 0 atom stereocenters. The Kier molecular flexibility index (Phi) is 3.47. The maximum Gasteiger partial charge on any atom is 0.203 e. The van der Waals surface area contributed by atoms with Gasteiger partial charge in [-0.1, -0.05) is 28.1 Å². The highest BCUT2D eigenvalue weighted by molar-refractivity contribution is 9.10. The summed E-state index contributed by atoms with van der Waals surface area (Å²) in [5.41, 5.74) is 3.89. The van der Waals surface area contributed by atoms with Gasteiger partial charge in [-0.2, -0.15) is 5.10 Å². The number of nitrogens with one attached hydrogen (secondary N) is 1. The Hall–Kier alpha value is -1.20. The molecule has 1 aromatic carbocycles. The van der Waals surface area contributed by atoms with E-state index in [4.69, 9.17) is 0 Å². The standard InChI is InChI=1S/C10H8BrN3S/c11-9-3-1-2-8(6-9)7-13-14-10-12-4-5-15-10/h1-7H,(H,12,14)/b13-7+. The number of benzene rings is 1. The van der Waals surface area contributed by atoms with Crippen molar-refractivity contribution in [3.8, 4) is 0 Å². The van der Waals surface area contributed by atoms with Crippen LogP contribution in [0.4, 0.5) is 5.13 Å². The highest BCUT2D eigenvalue weighted by Gasteiger charge is 1.91. The van der Waals surface area contributed by atoms with Gasteiger partial charge < -0.3 is 0 Å². The molecule has 2 rings (SSSR count). The Morgan fingerprint density at radius 2 is 2.40 bits per heavy atom. The van der Waals surface area contributed by atoms with Crippen molar-refractivity contribution in [2.24, 2.45) is 5.10 Å². The summed E-state index contributed by atoms with van der Waals surface area (Å²) in [6, 6.07) is 7.92. The lowest BCUT2D eigenvalue weighted by Gasteiger charge is -1.94. The summed E-state index contributed by atoms with van der Waals surface area (Å²) in [4.78, 5) is 4.05. The Labute approximate surface area is 100.0 Å². The molecule has 0 unspecified atom stereocenters. The third-order valence-electron chi connectivity index (χ3n) is 1.65. The average molecular weight is 282 g/mol. The number of anilines is 1. The van der Waals surface area contributed by atoms with Gasteiger partial charge in [0.25, 0.3) is 0 Å². The normalized spacial score (nSPS) is 10.7. The largest absolute Gasteiger partial charge is 0.253 e. The minimum atomic E-state index is 0.793. The van der Waals surface area contributed by atoms with Gasteiger partial charge in [-0.25, -0.2) is 4.98 Å². The quantitative estimate of drug-likeness (QED) is 0.692. The van der Waals surface area contributed by atoms with Crippen molar-refractivity contribution in [2.45, 2.75) is 0 Å². The number of thiazole rings is 1. The summed E-state index contributed by atoms with van der Waals surface area (Å²) < 4.78 is 1.04. The maximum absolute atomic E-state index is 4.08. The molecule has 0 saturated heterocycles. The van der Waals surface area contributed by atoms with Gasteiger partial charge in [0.05, 0.1) is 6.21 Å². The van der Waals surface area contributed by atoms with Crippen LogP contribution in [0.5, 0.6) is 0 Å². The van der Waals surface area contributed by atoms with E-state index in [1.54, 1.807) is 12.4 Å². The van der Waals surface area contributed by atoms with Crippen LogP contribution in [0.2, 0.25) is 0 Å². The topological polar surface area (TPSA) is 37.3 Å². The molecule has 3 nitrogen and oxygen atoms in total. The minimum Gasteiger partial charge on any atom is -0.253 e. The first-order valence-corrected chi connectivity index (χ1v) is 5.96. The van der Waals surface area contributed by atoms with E-state index < -0.39 is 0 Å². The van der Waals surface area contributed by atoms with Crippen molar-refractivity contribution < 1.29 is 0 Å². The van der Waals surface area contributed by atoms with E-state index in [1.165, 1.54) is 11.3 Å². The third-order valence-corrected chi connectivity index (χ3v) is 2.83. The molecule has 1 heterocycles. The Balaban J connectivity index is 2.00. The van der Waals surface area contributed by atoms with Gasteiger partial charge >= 0.3 is 0 Å². The number of aromatic nitrogens is 1. The Morgan fingerprint density at radius 3 is 3.13 bits per heavy atom. The first kappa shape index (κ1) is 10.3. The fourth-order valence-electron chi connectivity index (χ4n) is 1.03. The predicted octanol–water partition coefficient (Wildman–Crippen LogP) is 3.35.